The Morgan fingerprint density at radius 1 is 1.06 bits per heavy atom. The highest BCUT2D eigenvalue weighted by molar-refractivity contribution is 5.73. The number of carbonyl (C=O) groups is 2. The number of nitrogens with zero attached hydrogens (tertiary/aromatic N) is 2. The molecule has 2 heterocycles. The molecule has 3 aliphatic rings. The summed E-state index contributed by atoms with van der Waals surface area (Å²) < 4.78 is 4.84. The lowest BCUT2D eigenvalue weighted by Crippen LogP contribution is -2.46. The number of piperidine rings is 2. The first-order valence-corrected chi connectivity index (χ1v) is 11.9. The maximum atomic E-state index is 11.7. The lowest BCUT2D eigenvalue weighted by atomic mass is 9.63. The highest BCUT2D eigenvalue weighted by Gasteiger charge is 2.42. The minimum Gasteiger partial charge on any atom is -0.453 e. The largest absolute Gasteiger partial charge is 0.453 e. The normalized spacial score (nSPS) is 23.9. The molecular formula is C25H37N3O3. The fraction of sp³-hybridized carbons (Fsp3) is 0.680. The van der Waals surface area contributed by atoms with E-state index in [9.17, 15) is 9.59 Å². The zero-order chi connectivity index (χ0) is 21.8. The van der Waals surface area contributed by atoms with Gasteiger partial charge < -0.3 is 19.9 Å². The number of likely N-dealkylation sites (tertiary alicyclic amines) is 2. The summed E-state index contributed by atoms with van der Waals surface area (Å²) >= 11 is 0. The van der Waals surface area contributed by atoms with E-state index in [0.29, 0.717) is 5.92 Å². The molecule has 1 N–H and O–H groups in total. The van der Waals surface area contributed by atoms with Crippen LogP contribution in [0.5, 0.6) is 0 Å². The molecule has 2 fully saturated rings. The molecule has 0 saturated carbocycles. The first kappa shape index (κ1) is 22.1. The number of hydrogen-bond acceptors (Lipinski definition) is 4. The number of carbonyl (C=O) groups excluding carboxylic acids is 2. The smallest absolute Gasteiger partial charge is 0.409 e. The minimum absolute atomic E-state index is 0.0583. The van der Waals surface area contributed by atoms with Crippen LogP contribution in [-0.4, -0.2) is 61.6 Å². The third-order valence-electron chi connectivity index (χ3n) is 7.91. The fourth-order valence-electron chi connectivity index (χ4n) is 6.01. The van der Waals surface area contributed by atoms with Crippen LogP contribution in [0.1, 0.15) is 69.0 Å². The predicted octanol–water partition coefficient (Wildman–Crippen LogP) is 3.86. The molecule has 2 saturated heterocycles. The van der Waals surface area contributed by atoms with Crippen molar-refractivity contribution in [3.8, 4) is 0 Å². The zero-order valence-corrected chi connectivity index (χ0v) is 19.1. The van der Waals surface area contributed by atoms with Crippen molar-refractivity contribution in [1.82, 2.24) is 15.1 Å². The van der Waals surface area contributed by atoms with Gasteiger partial charge >= 0.3 is 6.09 Å². The highest BCUT2D eigenvalue weighted by atomic mass is 16.5. The monoisotopic (exact) mass is 427 g/mol. The molecular weight excluding hydrogens is 390 g/mol. The second kappa shape index (κ2) is 9.60. The summed E-state index contributed by atoms with van der Waals surface area (Å²) in [6.45, 7) is 6.74. The molecule has 0 aromatic heterocycles. The molecule has 1 spiro atoms. The van der Waals surface area contributed by atoms with Gasteiger partial charge in [0.05, 0.1) is 13.2 Å². The van der Waals surface area contributed by atoms with Crippen molar-refractivity contribution in [2.24, 2.45) is 5.92 Å². The molecule has 1 atom stereocenters. The molecule has 31 heavy (non-hydrogen) atoms. The van der Waals surface area contributed by atoms with Crippen molar-refractivity contribution in [1.29, 1.82) is 0 Å². The molecule has 2 amide bonds. The topological polar surface area (TPSA) is 61.9 Å². The van der Waals surface area contributed by atoms with Crippen LogP contribution in [0, 0.1) is 5.92 Å². The average Bonchev–Trinajstić information content (AvgIpc) is 2.80. The second-order valence-corrected chi connectivity index (χ2v) is 9.69. The number of rotatable bonds is 4. The van der Waals surface area contributed by atoms with Crippen LogP contribution in [0.3, 0.4) is 0 Å². The van der Waals surface area contributed by atoms with Crippen LogP contribution in [-0.2, 0) is 14.9 Å². The summed E-state index contributed by atoms with van der Waals surface area (Å²) in [4.78, 5) is 27.8. The Bertz CT molecular complexity index is 780. The minimum atomic E-state index is -0.187. The average molecular weight is 428 g/mol. The summed E-state index contributed by atoms with van der Waals surface area (Å²) in [7, 11) is 1.46. The Balaban J connectivity index is 1.29. The number of ether oxygens (including phenoxy) is 1. The van der Waals surface area contributed by atoms with Gasteiger partial charge in [0, 0.05) is 20.0 Å². The summed E-state index contributed by atoms with van der Waals surface area (Å²) in [6.07, 6.45) is 7.83. The van der Waals surface area contributed by atoms with Gasteiger partial charge in [-0.3, -0.25) is 4.79 Å². The van der Waals surface area contributed by atoms with E-state index in [4.69, 9.17) is 4.74 Å². The van der Waals surface area contributed by atoms with E-state index in [1.807, 2.05) is 4.90 Å². The van der Waals surface area contributed by atoms with Gasteiger partial charge in [0.15, 0.2) is 0 Å². The second-order valence-electron chi connectivity index (χ2n) is 9.69. The van der Waals surface area contributed by atoms with E-state index < -0.39 is 0 Å². The predicted molar refractivity (Wildman–Crippen MR) is 121 cm³/mol. The van der Waals surface area contributed by atoms with Crippen molar-refractivity contribution in [3.05, 3.63) is 35.4 Å². The molecule has 1 aromatic rings. The Kier molecular flexibility index (Phi) is 6.85. The molecule has 170 valence electrons. The van der Waals surface area contributed by atoms with Crippen LogP contribution in [0.15, 0.2) is 24.3 Å². The van der Waals surface area contributed by atoms with Crippen molar-refractivity contribution >= 4 is 12.0 Å². The molecule has 0 radical (unpaired) electrons. The van der Waals surface area contributed by atoms with Gasteiger partial charge in [-0.2, -0.15) is 0 Å². The third-order valence-corrected chi connectivity index (χ3v) is 7.91. The van der Waals surface area contributed by atoms with E-state index in [1.54, 1.807) is 6.92 Å². The number of benzene rings is 1. The van der Waals surface area contributed by atoms with E-state index in [0.717, 1.165) is 58.4 Å². The Hall–Kier alpha value is -2.08. The molecule has 1 unspecified atom stereocenters. The molecule has 4 rings (SSSR count). The van der Waals surface area contributed by atoms with Crippen LogP contribution in [0.2, 0.25) is 0 Å². The van der Waals surface area contributed by atoms with Crippen LogP contribution in [0.25, 0.3) is 0 Å². The van der Waals surface area contributed by atoms with E-state index in [-0.39, 0.29) is 23.5 Å². The van der Waals surface area contributed by atoms with Gasteiger partial charge in [0.25, 0.3) is 0 Å². The molecule has 6 nitrogen and oxygen atoms in total. The number of methoxy groups -OCH3 is 1. The zero-order valence-electron chi connectivity index (χ0n) is 19.1. The Labute approximate surface area is 186 Å². The summed E-state index contributed by atoms with van der Waals surface area (Å²) in [6, 6.07) is 8.93. The van der Waals surface area contributed by atoms with Crippen LogP contribution >= 0.6 is 0 Å². The first-order chi connectivity index (χ1) is 15.0. The molecule has 1 aliphatic carbocycles. The summed E-state index contributed by atoms with van der Waals surface area (Å²) in [5.74, 6) is 0.772. The Morgan fingerprint density at radius 2 is 1.77 bits per heavy atom. The van der Waals surface area contributed by atoms with Crippen molar-refractivity contribution < 1.29 is 14.3 Å². The van der Waals surface area contributed by atoms with Crippen molar-refractivity contribution in [3.63, 3.8) is 0 Å². The van der Waals surface area contributed by atoms with Gasteiger partial charge in [-0.05, 0) is 87.0 Å². The Morgan fingerprint density at radius 3 is 2.45 bits per heavy atom. The van der Waals surface area contributed by atoms with Gasteiger partial charge in [-0.15, -0.1) is 0 Å². The molecule has 0 bridgehead atoms. The lowest BCUT2D eigenvalue weighted by Gasteiger charge is -2.47. The summed E-state index contributed by atoms with van der Waals surface area (Å²) in [5, 5.41) is 3.16. The van der Waals surface area contributed by atoms with E-state index in [2.05, 4.69) is 34.5 Å². The van der Waals surface area contributed by atoms with E-state index in [1.165, 1.54) is 37.5 Å². The van der Waals surface area contributed by atoms with Crippen molar-refractivity contribution in [2.45, 2.75) is 63.3 Å². The van der Waals surface area contributed by atoms with Crippen molar-refractivity contribution in [2.75, 3.05) is 39.8 Å². The molecule has 6 heteroatoms. The SMILES string of the molecule is COC(=O)N1CCC(CCN2CCC3(CCC(NC(C)=O)c4ccccc43)CC2)CC1. The number of amides is 2. The number of fused-ring (bicyclic) bond motifs is 2. The molecule has 2 aliphatic heterocycles. The fourth-order valence-corrected chi connectivity index (χ4v) is 6.01. The standard InChI is InChI=1S/C25H37N3O3/c1-19(29)26-23-7-11-25(22-6-4-3-5-21(22)23)12-17-27(18-13-25)14-8-20-9-15-28(16-10-20)24(30)31-2/h3-6,20,23H,7-18H2,1-2H3,(H,26,29). The number of hydrogen-bond donors (Lipinski definition) is 1. The van der Waals surface area contributed by atoms with Gasteiger partial charge in [0.2, 0.25) is 5.91 Å². The van der Waals surface area contributed by atoms with Gasteiger partial charge in [0.1, 0.15) is 0 Å². The molecule has 1 aromatic carbocycles. The highest BCUT2D eigenvalue weighted by Crippen LogP contribution is 2.47. The third kappa shape index (κ3) is 4.89. The van der Waals surface area contributed by atoms with Crippen LogP contribution in [0.4, 0.5) is 4.79 Å². The van der Waals surface area contributed by atoms with E-state index >= 15 is 0 Å². The van der Waals surface area contributed by atoms with Gasteiger partial charge in [-0.25, -0.2) is 4.79 Å². The maximum absolute atomic E-state index is 11.7. The van der Waals surface area contributed by atoms with Crippen LogP contribution < -0.4 is 5.32 Å². The lowest BCUT2D eigenvalue weighted by molar-refractivity contribution is -0.119. The van der Waals surface area contributed by atoms with Gasteiger partial charge in [-0.1, -0.05) is 24.3 Å². The maximum Gasteiger partial charge on any atom is 0.409 e. The number of nitrogens with one attached hydrogen (secondary N) is 1. The summed E-state index contributed by atoms with van der Waals surface area (Å²) in [5.41, 5.74) is 3.07. The quantitative estimate of drug-likeness (QED) is 0.793. The first-order valence-electron chi connectivity index (χ1n) is 11.9.